The van der Waals surface area contributed by atoms with Crippen LogP contribution in [0.2, 0.25) is 0 Å². The van der Waals surface area contributed by atoms with Gasteiger partial charge in [0.2, 0.25) is 5.91 Å². The molecule has 0 spiro atoms. The highest BCUT2D eigenvalue weighted by Gasteiger charge is 2.49. The third kappa shape index (κ3) is 4.31. The van der Waals surface area contributed by atoms with Gasteiger partial charge in [0.05, 0.1) is 18.5 Å². The van der Waals surface area contributed by atoms with Gasteiger partial charge >= 0.3 is 0 Å². The Hall–Kier alpha value is -2.54. The maximum atomic E-state index is 14.9. The zero-order valence-corrected chi connectivity index (χ0v) is 16.6. The summed E-state index contributed by atoms with van der Waals surface area (Å²) in [6, 6.07) is 11.6. The van der Waals surface area contributed by atoms with Gasteiger partial charge in [0.1, 0.15) is 11.6 Å². The van der Waals surface area contributed by atoms with Crippen molar-refractivity contribution in [2.45, 2.75) is 37.1 Å². The Kier molecular flexibility index (Phi) is 5.73. The number of carbonyl (C=O) groups excluding carboxylic acids is 1. The molecule has 2 aromatic rings. The average molecular weight is 418 g/mol. The minimum atomic E-state index is -2.95. The van der Waals surface area contributed by atoms with E-state index < -0.39 is 24.4 Å². The van der Waals surface area contributed by atoms with Crippen LogP contribution in [-0.4, -0.2) is 59.0 Å². The monoisotopic (exact) mass is 418 g/mol. The molecule has 2 aliphatic rings. The molecular weight excluding hydrogens is 393 g/mol. The number of aromatic hydroxyl groups is 1. The quantitative estimate of drug-likeness (QED) is 0.803. The molecule has 1 amide bonds. The van der Waals surface area contributed by atoms with Crippen molar-refractivity contribution in [3.63, 3.8) is 0 Å². The fourth-order valence-electron chi connectivity index (χ4n) is 4.55. The number of likely N-dealkylation sites (tertiary alicyclic amines) is 2. The van der Waals surface area contributed by atoms with Crippen molar-refractivity contribution in [3.05, 3.63) is 65.5 Å². The van der Waals surface area contributed by atoms with Crippen molar-refractivity contribution in [2.24, 2.45) is 0 Å². The molecule has 0 radical (unpaired) electrons. The van der Waals surface area contributed by atoms with Gasteiger partial charge in [-0.25, -0.2) is 13.2 Å². The number of phenols is 1. The van der Waals surface area contributed by atoms with Crippen molar-refractivity contribution in [1.82, 2.24) is 9.80 Å². The Bertz CT molecular complexity index is 886. The van der Waals surface area contributed by atoms with Gasteiger partial charge in [0.25, 0.3) is 5.92 Å². The summed E-state index contributed by atoms with van der Waals surface area (Å²) in [5, 5.41) is 9.40. The van der Waals surface area contributed by atoms with Gasteiger partial charge < -0.3 is 10.0 Å². The lowest BCUT2D eigenvalue weighted by Gasteiger charge is -2.40. The molecule has 2 heterocycles. The Morgan fingerprint density at radius 3 is 2.37 bits per heavy atom. The highest BCUT2D eigenvalue weighted by atomic mass is 19.3. The van der Waals surface area contributed by atoms with Gasteiger partial charge in [0.15, 0.2) is 0 Å². The standard InChI is InChI=1S/C23H25F3N2O2/c24-18-5-1-16(2-6-18)9-12-27-14-11-21(22(27)30)28-13-10-20(23(25,26)15-28)17-3-7-19(29)8-4-17/h1-8,20-21,29H,9-15H2/t20?,21-/m0/s1. The van der Waals surface area contributed by atoms with E-state index in [9.17, 15) is 23.1 Å². The zero-order chi connectivity index (χ0) is 21.3. The zero-order valence-electron chi connectivity index (χ0n) is 16.6. The predicted molar refractivity (Wildman–Crippen MR) is 107 cm³/mol. The van der Waals surface area contributed by atoms with Crippen LogP contribution in [0.4, 0.5) is 13.2 Å². The minimum absolute atomic E-state index is 0.0526. The first kappa shape index (κ1) is 20.7. The molecule has 2 aromatic carbocycles. The second-order valence-corrected chi connectivity index (χ2v) is 8.17. The van der Waals surface area contributed by atoms with Gasteiger partial charge in [-0.1, -0.05) is 24.3 Å². The van der Waals surface area contributed by atoms with E-state index in [-0.39, 0.29) is 23.9 Å². The summed E-state index contributed by atoms with van der Waals surface area (Å²) in [6.45, 7) is 1.04. The van der Waals surface area contributed by atoms with Crippen molar-refractivity contribution in [3.8, 4) is 5.75 Å². The molecule has 1 N–H and O–H groups in total. The highest BCUT2D eigenvalue weighted by molar-refractivity contribution is 5.84. The Morgan fingerprint density at radius 2 is 1.70 bits per heavy atom. The molecule has 1 unspecified atom stereocenters. The summed E-state index contributed by atoms with van der Waals surface area (Å²) >= 11 is 0. The molecule has 0 bridgehead atoms. The molecule has 30 heavy (non-hydrogen) atoms. The topological polar surface area (TPSA) is 43.8 Å². The van der Waals surface area contributed by atoms with E-state index in [0.717, 1.165) is 5.56 Å². The van der Waals surface area contributed by atoms with Crippen LogP contribution < -0.4 is 0 Å². The van der Waals surface area contributed by atoms with Crippen LogP contribution in [0, 0.1) is 5.82 Å². The maximum absolute atomic E-state index is 14.9. The van der Waals surface area contributed by atoms with E-state index in [2.05, 4.69) is 0 Å². The largest absolute Gasteiger partial charge is 0.508 e. The van der Waals surface area contributed by atoms with E-state index in [4.69, 9.17) is 0 Å². The van der Waals surface area contributed by atoms with Gasteiger partial charge in [-0.05, 0) is 61.2 Å². The van der Waals surface area contributed by atoms with Crippen LogP contribution in [0.25, 0.3) is 0 Å². The fraction of sp³-hybridized carbons (Fsp3) is 0.435. The number of benzene rings is 2. The summed E-state index contributed by atoms with van der Waals surface area (Å²) in [4.78, 5) is 16.2. The second kappa shape index (κ2) is 8.30. The lowest BCUT2D eigenvalue weighted by Crippen LogP contribution is -2.53. The number of rotatable bonds is 5. The third-order valence-corrected chi connectivity index (χ3v) is 6.22. The second-order valence-electron chi connectivity index (χ2n) is 8.17. The van der Waals surface area contributed by atoms with Crippen molar-refractivity contribution in [2.75, 3.05) is 26.2 Å². The van der Waals surface area contributed by atoms with E-state index in [1.807, 2.05) is 0 Å². The molecule has 0 aliphatic carbocycles. The number of hydrogen-bond acceptors (Lipinski definition) is 3. The van der Waals surface area contributed by atoms with Crippen molar-refractivity contribution < 1.29 is 23.1 Å². The number of hydrogen-bond donors (Lipinski definition) is 1. The molecule has 4 nitrogen and oxygen atoms in total. The van der Waals surface area contributed by atoms with Crippen LogP contribution in [-0.2, 0) is 11.2 Å². The molecule has 2 fully saturated rings. The number of halogens is 3. The lowest BCUT2D eigenvalue weighted by molar-refractivity contribution is -0.137. The smallest absolute Gasteiger partial charge is 0.267 e. The fourth-order valence-corrected chi connectivity index (χ4v) is 4.55. The first-order valence-corrected chi connectivity index (χ1v) is 10.3. The van der Waals surface area contributed by atoms with Gasteiger partial charge in [-0.15, -0.1) is 0 Å². The number of piperidine rings is 1. The lowest BCUT2D eigenvalue weighted by atomic mass is 9.85. The minimum Gasteiger partial charge on any atom is -0.508 e. The number of amides is 1. The van der Waals surface area contributed by atoms with Crippen LogP contribution in [0.15, 0.2) is 48.5 Å². The predicted octanol–water partition coefficient (Wildman–Crippen LogP) is 3.80. The summed E-state index contributed by atoms with van der Waals surface area (Å²) in [6.07, 6.45) is 1.41. The Morgan fingerprint density at radius 1 is 1.00 bits per heavy atom. The average Bonchev–Trinajstić information content (AvgIpc) is 3.08. The first-order chi connectivity index (χ1) is 14.3. The molecule has 160 valence electrons. The number of carbonyl (C=O) groups is 1. The number of nitrogens with zero attached hydrogens (tertiary/aromatic N) is 2. The molecule has 0 saturated carbocycles. The van der Waals surface area contributed by atoms with E-state index in [1.165, 1.54) is 24.3 Å². The molecule has 7 heteroatoms. The summed E-state index contributed by atoms with van der Waals surface area (Å²) in [7, 11) is 0. The third-order valence-electron chi connectivity index (χ3n) is 6.22. The summed E-state index contributed by atoms with van der Waals surface area (Å²) in [5.74, 6) is -4.21. The first-order valence-electron chi connectivity index (χ1n) is 10.3. The van der Waals surface area contributed by atoms with Crippen LogP contribution in [0.3, 0.4) is 0 Å². The number of alkyl halides is 2. The molecular formula is C23H25F3N2O2. The normalized spacial score (nSPS) is 24.4. The Labute approximate surface area is 173 Å². The van der Waals surface area contributed by atoms with Crippen LogP contribution >= 0.6 is 0 Å². The van der Waals surface area contributed by atoms with E-state index in [1.54, 1.807) is 34.1 Å². The van der Waals surface area contributed by atoms with Gasteiger partial charge in [-0.2, -0.15) is 0 Å². The Balaban J connectivity index is 1.36. The number of phenolic OH excluding ortho intramolecular Hbond substituents is 1. The molecule has 2 atom stereocenters. The van der Waals surface area contributed by atoms with E-state index >= 15 is 0 Å². The molecule has 2 aliphatic heterocycles. The van der Waals surface area contributed by atoms with Crippen LogP contribution in [0.5, 0.6) is 5.75 Å². The SMILES string of the molecule is O=C1[C@@H](N2CCC(c3ccc(O)cc3)C(F)(F)C2)CCN1CCc1ccc(F)cc1. The van der Waals surface area contributed by atoms with Crippen molar-refractivity contribution in [1.29, 1.82) is 0 Å². The summed E-state index contributed by atoms with van der Waals surface area (Å²) in [5.41, 5.74) is 1.45. The van der Waals surface area contributed by atoms with Crippen LogP contribution in [0.1, 0.15) is 29.9 Å². The molecule has 4 rings (SSSR count). The summed E-state index contributed by atoms with van der Waals surface area (Å²) < 4.78 is 42.9. The highest BCUT2D eigenvalue weighted by Crippen LogP contribution is 2.41. The van der Waals surface area contributed by atoms with Crippen molar-refractivity contribution >= 4 is 5.91 Å². The molecule has 2 saturated heterocycles. The van der Waals surface area contributed by atoms with Gasteiger partial charge in [0, 0.05) is 13.1 Å². The van der Waals surface area contributed by atoms with E-state index in [0.29, 0.717) is 38.0 Å². The molecule has 0 aromatic heterocycles. The maximum Gasteiger partial charge on any atom is 0.267 e. The van der Waals surface area contributed by atoms with Gasteiger partial charge in [-0.3, -0.25) is 9.69 Å².